The first kappa shape index (κ1) is 11.7. The molecule has 0 fully saturated rings. The lowest BCUT2D eigenvalue weighted by Gasteiger charge is -1.99. The highest BCUT2D eigenvalue weighted by molar-refractivity contribution is 4.81. The summed E-state index contributed by atoms with van der Waals surface area (Å²) in [6.45, 7) is 4.06. The maximum absolute atomic E-state index is 8.97. The first-order valence-corrected chi connectivity index (χ1v) is 5.10. The quantitative estimate of drug-likeness (QED) is 0.459. The molecule has 0 spiro atoms. The van der Waals surface area contributed by atoms with Crippen LogP contribution in [-0.2, 0) is 0 Å². The lowest BCUT2D eigenvalue weighted by atomic mass is 10.1. The number of hydrogen-bond acceptors (Lipinski definition) is 1. The Kier molecular flexibility index (Phi) is 8.57. The SMILES string of the molecule is CCCC/C=C\CCCC(C)O. The van der Waals surface area contributed by atoms with Crippen LogP contribution in [0.15, 0.2) is 12.2 Å². The zero-order valence-corrected chi connectivity index (χ0v) is 8.42. The van der Waals surface area contributed by atoms with Gasteiger partial charge in [-0.05, 0) is 32.6 Å². The van der Waals surface area contributed by atoms with Gasteiger partial charge in [-0.1, -0.05) is 31.9 Å². The van der Waals surface area contributed by atoms with Gasteiger partial charge in [-0.2, -0.15) is 0 Å². The largest absolute Gasteiger partial charge is 0.393 e. The topological polar surface area (TPSA) is 20.2 Å². The zero-order chi connectivity index (χ0) is 9.23. The van der Waals surface area contributed by atoms with E-state index in [0.29, 0.717) is 0 Å². The van der Waals surface area contributed by atoms with Crippen LogP contribution in [0.5, 0.6) is 0 Å². The molecule has 0 aromatic rings. The van der Waals surface area contributed by atoms with Crippen LogP contribution in [0.4, 0.5) is 0 Å². The van der Waals surface area contributed by atoms with E-state index in [1.165, 1.54) is 19.3 Å². The second-order valence-electron chi connectivity index (χ2n) is 3.39. The Morgan fingerprint density at radius 2 is 1.75 bits per heavy atom. The molecule has 1 nitrogen and oxygen atoms in total. The second-order valence-corrected chi connectivity index (χ2v) is 3.39. The lowest BCUT2D eigenvalue weighted by Crippen LogP contribution is -1.97. The van der Waals surface area contributed by atoms with Crippen molar-refractivity contribution in [3.8, 4) is 0 Å². The molecular weight excluding hydrogens is 148 g/mol. The van der Waals surface area contributed by atoms with E-state index in [9.17, 15) is 0 Å². The maximum Gasteiger partial charge on any atom is 0.0512 e. The summed E-state index contributed by atoms with van der Waals surface area (Å²) in [6, 6.07) is 0. The van der Waals surface area contributed by atoms with Gasteiger partial charge in [0.1, 0.15) is 0 Å². The normalized spacial score (nSPS) is 13.9. The van der Waals surface area contributed by atoms with Crippen LogP contribution in [0.1, 0.15) is 52.4 Å². The highest BCUT2D eigenvalue weighted by Crippen LogP contribution is 2.02. The van der Waals surface area contributed by atoms with Crippen LogP contribution in [0.25, 0.3) is 0 Å². The van der Waals surface area contributed by atoms with Crippen molar-refractivity contribution in [3.63, 3.8) is 0 Å². The predicted octanol–water partition coefficient (Wildman–Crippen LogP) is 3.28. The molecular formula is C11H22O. The molecule has 0 aromatic carbocycles. The molecule has 1 N–H and O–H groups in total. The first-order valence-electron chi connectivity index (χ1n) is 5.10. The van der Waals surface area contributed by atoms with Crippen LogP contribution in [0.3, 0.4) is 0 Å². The summed E-state index contributed by atoms with van der Waals surface area (Å²) in [4.78, 5) is 0. The Balaban J connectivity index is 3.03. The molecule has 1 atom stereocenters. The highest BCUT2D eigenvalue weighted by atomic mass is 16.3. The molecule has 72 valence electrons. The molecule has 1 unspecified atom stereocenters. The summed E-state index contributed by atoms with van der Waals surface area (Å²) in [6.07, 6.45) is 11.3. The average molecular weight is 170 g/mol. The fourth-order valence-corrected chi connectivity index (χ4v) is 1.09. The minimum atomic E-state index is -0.131. The standard InChI is InChI=1S/C11H22O/c1-3-4-5-6-7-8-9-10-11(2)12/h6-7,11-12H,3-5,8-10H2,1-2H3/b7-6-. The monoisotopic (exact) mass is 170 g/mol. The summed E-state index contributed by atoms with van der Waals surface area (Å²) >= 11 is 0. The summed E-state index contributed by atoms with van der Waals surface area (Å²) < 4.78 is 0. The van der Waals surface area contributed by atoms with Gasteiger partial charge < -0.3 is 5.11 Å². The molecule has 12 heavy (non-hydrogen) atoms. The lowest BCUT2D eigenvalue weighted by molar-refractivity contribution is 0.182. The molecule has 0 aromatic heterocycles. The average Bonchev–Trinajstić information content (AvgIpc) is 2.02. The third-order valence-corrected chi connectivity index (χ3v) is 1.88. The van der Waals surface area contributed by atoms with Crippen molar-refractivity contribution in [2.45, 2.75) is 58.5 Å². The molecule has 0 radical (unpaired) electrons. The summed E-state index contributed by atoms with van der Waals surface area (Å²) in [5, 5.41) is 8.97. The Bertz CT molecular complexity index is 106. The van der Waals surface area contributed by atoms with Crippen molar-refractivity contribution < 1.29 is 5.11 Å². The van der Waals surface area contributed by atoms with Crippen molar-refractivity contribution >= 4 is 0 Å². The van der Waals surface area contributed by atoms with Gasteiger partial charge in [0.05, 0.1) is 6.10 Å². The third kappa shape index (κ3) is 9.70. The van der Waals surface area contributed by atoms with Gasteiger partial charge in [0.15, 0.2) is 0 Å². The smallest absolute Gasteiger partial charge is 0.0512 e. The summed E-state index contributed by atoms with van der Waals surface area (Å²) in [5.74, 6) is 0. The molecule has 0 amide bonds. The second kappa shape index (κ2) is 8.79. The van der Waals surface area contributed by atoms with Crippen LogP contribution < -0.4 is 0 Å². The van der Waals surface area contributed by atoms with Gasteiger partial charge >= 0.3 is 0 Å². The van der Waals surface area contributed by atoms with Crippen molar-refractivity contribution in [2.24, 2.45) is 0 Å². The van der Waals surface area contributed by atoms with Crippen LogP contribution in [0, 0.1) is 0 Å². The van der Waals surface area contributed by atoms with E-state index >= 15 is 0 Å². The molecule has 0 aliphatic rings. The number of aliphatic hydroxyl groups excluding tert-OH is 1. The molecule has 0 aliphatic carbocycles. The van der Waals surface area contributed by atoms with Crippen LogP contribution >= 0.6 is 0 Å². The van der Waals surface area contributed by atoms with Gasteiger partial charge in [0.25, 0.3) is 0 Å². The number of rotatable bonds is 7. The summed E-state index contributed by atoms with van der Waals surface area (Å²) in [7, 11) is 0. The Morgan fingerprint density at radius 1 is 1.17 bits per heavy atom. The molecule has 0 heterocycles. The van der Waals surface area contributed by atoms with E-state index < -0.39 is 0 Å². The van der Waals surface area contributed by atoms with Crippen molar-refractivity contribution in [1.82, 2.24) is 0 Å². The number of aliphatic hydroxyl groups is 1. The summed E-state index contributed by atoms with van der Waals surface area (Å²) in [5.41, 5.74) is 0. The van der Waals surface area contributed by atoms with Gasteiger partial charge in [0, 0.05) is 0 Å². The van der Waals surface area contributed by atoms with Gasteiger partial charge in [-0.25, -0.2) is 0 Å². The van der Waals surface area contributed by atoms with Gasteiger partial charge in [0.2, 0.25) is 0 Å². The Labute approximate surface area is 76.5 Å². The van der Waals surface area contributed by atoms with Gasteiger partial charge in [-0.15, -0.1) is 0 Å². The van der Waals surface area contributed by atoms with E-state index in [-0.39, 0.29) is 6.10 Å². The minimum Gasteiger partial charge on any atom is -0.393 e. The van der Waals surface area contributed by atoms with E-state index in [4.69, 9.17) is 5.11 Å². The van der Waals surface area contributed by atoms with E-state index in [1.807, 2.05) is 6.92 Å². The maximum atomic E-state index is 8.97. The molecule has 0 saturated carbocycles. The third-order valence-electron chi connectivity index (χ3n) is 1.88. The van der Waals surface area contributed by atoms with Crippen molar-refractivity contribution in [3.05, 3.63) is 12.2 Å². The number of unbranched alkanes of at least 4 members (excludes halogenated alkanes) is 3. The van der Waals surface area contributed by atoms with Crippen LogP contribution in [-0.4, -0.2) is 11.2 Å². The Morgan fingerprint density at radius 3 is 2.25 bits per heavy atom. The van der Waals surface area contributed by atoms with Crippen LogP contribution in [0.2, 0.25) is 0 Å². The minimum absolute atomic E-state index is 0.131. The fourth-order valence-electron chi connectivity index (χ4n) is 1.09. The Hall–Kier alpha value is -0.300. The molecule has 0 saturated heterocycles. The molecule has 0 bridgehead atoms. The van der Waals surface area contributed by atoms with E-state index in [2.05, 4.69) is 19.1 Å². The highest BCUT2D eigenvalue weighted by Gasteiger charge is 1.92. The van der Waals surface area contributed by atoms with E-state index in [0.717, 1.165) is 19.3 Å². The first-order chi connectivity index (χ1) is 5.77. The van der Waals surface area contributed by atoms with Crippen molar-refractivity contribution in [1.29, 1.82) is 0 Å². The van der Waals surface area contributed by atoms with Gasteiger partial charge in [-0.3, -0.25) is 0 Å². The molecule has 1 heteroatoms. The number of hydrogen-bond donors (Lipinski definition) is 1. The molecule has 0 rings (SSSR count). The fraction of sp³-hybridized carbons (Fsp3) is 0.818. The molecule has 0 aliphatic heterocycles. The predicted molar refractivity (Wildman–Crippen MR) is 54.2 cm³/mol. The number of allylic oxidation sites excluding steroid dienone is 2. The zero-order valence-electron chi connectivity index (χ0n) is 8.42. The van der Waals surface area contributed by atoms with Crippen molar-refractivity contribution in [2.75, 3.05) is 0 Å². The van der Waals surface area contributed by atoms with E-state index in [1.54, 1.807) is 0 Å².